The zero-order chi connectivity index (χ0) is 13.7. The third-order valence-electron chi connectivity index (χ3n) is 2.97. The van der Waals surface area contributed by atoms with Crippen molar-refractivity contribution in [3.05, 3.63) is 59.5 Å². The largest absolute Gasteiger partial charge is 0.468 e. The number of nitrogens with zero attached hydrogens (tertiary/aromatic N) is 1. The van der Waals surface area contributed by atoms with Crippen molar-refractivity contribution in [2.24, 2.45) is 10.9 Å². The minimum atomic E-state index is 0.0929. The Morgan fingerprint density at radius 1 is 1.37 bits per heavy atom. The summed E-state index contributed by atoms with van der Waals surface area (Å²) in [4.78, 5) is 0. The van der Waals surface area contributed by atoms with E-state index >= 15 is 0 Å². The SMILES string of the molecule is CC(NCc1ccccc1C(N)=NO)c1ccco1. The Morgan fingerprint density at radius 2 is 2.16 bits per heavy atom. The minimum Gasteiger partial charge on any atom is -0.468 e. The van der Waals surface area contributed by atoms with Crippen molar-refractivity contribution in [3.8, 4) is 0 Å². The summed E-state index contributed by atoms with van der Waals surface area (Å²) in [5, 5.41) is 15.1. The van der Waals surface area contributed by atoms with Crippen LogP contribution in [0.4, 0.5) is 0 Å². The van der Waals surface area contributed by atoms with Crippen molar-refractivity contribution in [3.63, 3.8) is 0 Å². The molecule has 0 spiro atoms. The van der Waals surface area contributed by atoms with Crippen molar-refractivity contribution in [1.82, 2.24) is 5.32 Å². The van der Waals surface area contributed by atoms with Gasteiger partial charge in [0, 0.05) is 12.1 Å². The Morgan fingerprint density at radius 3 is 2.84 bits per heavy atom. The lowest BCUT2D eigenvalue weighted by Crippen LogP contribution is -2.21. The van der Waals surface area contributed by atoms with Crippen LogP contribution in [0, 0.1) is 0 Å². The average Bonchev–Trinajstić information content (AvgIpc) is 2.98. The Kier molecular flexibility index (Phi) is 4.20. The number of rotatable bonds is 5. The van der Waals surface area contributed by atoms with Crippen LogP contribution >= 0.6 is 0 Å². The molecule has 4 N–H and O–H groups in total. The molecule has 2 aromatic rings. The molecule has 0 saturated heterocycles. The molecule has 5 nitrogen and oxygen atoms in total. The molecule has 1 aromatic carbocycles. The molecule has 0 radical (unpaired) electrons. The summed E-state index contributed by atoms with van der Waals surface area (Å²) in [5.41, 5.74) is 7.34. The van der Waals surface area contributed by atoms with Gasteiger partial charge in [-0.1, -0.05) is 29.4 Å². The molecule has 1 atom stereocenters. The van der Waals surface area contributed by atoms with Crippen LogP contribution in [0.25, 0.3) is 0 Å². The summed E-state index contributed by atoms with van der Waals surface area (Å²) in [7, 11) is 0. The number of nitrogens with two attached hydrogens (primary N) is 1. The molecule has 0 aliphatic rings. The third kappa shape index (κ3) is 3.14. The number of amidine groups is 1. The average molecular weight is 259 g/mol. The Bertz CT molecular complexity index is 550. The molecular weight excluding hydrogens is 242 g/mol. The highest BCUT2D eigenvalue weighted by Crippen LogP contribution is 2.14. The molecule has 19 heavy (non-hydrogen) atoms. The lowest BCUT2D eigenvalue weighted by molar-refractivity contribution is 0.318. The molecule has 0 saturated carbocycles. The predicted molar refractivity (Wildman–Crippen MR) is 72.9 cm³/mol. The van der Waals surface area contributed by atoms with Crippen molar-refractivity contribution in [2.75, 3.05) is 0 Å². The van der Waals surface area contributed by atoms with E-state index in [4.69, 9.17) is 15.4 Å². The van der Waals surface area contributed by atoms with E-state index < -0.39 is 0 Å². The summed E-state index contributed by atoms with van der Waals surface area (Å²) in [6.45, 7) is 2.62. The maximum atomic E-state index is 8.77. The van der Waals surface area contributed by atoms with E-state index in [1.807, 2.05) is 43.3 Å². The van der Waals surface area contributed by atoms with Gasteiger partial charge in [0.25, 0.3) is 0 Å². The number of benzene rings is 1. The zero-order valence-corrected chi connectivity index (χ0v) is 10.7. The molecule has 0 bridgehead atoms. The minimum absolute atomic E-state index is 0.0929. The molecule has 2 rings (SSSR count). The van der Waals surface area contributed by atoms with Crippen molar-refractivity contribution in [2.45, 2.75) is 19.5 Å². The first-order chi connectivity index (χ1) is 9.22. The lowest BCUT2D eigenvalue weighted by atomic mass is 10.1. The highest BCUT2D eigenvalue weighted by atomic mass is 16.4. The quantitative estimate of drug-likeness (QED) is 0.333. The molecular formula is C14H17N3O2. The molecule has 100 valence electrons. The smallest absolute Gasteiger partial charge is 0.170 e. The first kappa shape index (κ1) is 13.2. The van der Waals surface area contributed by atoms with E-state index in [2.05, 4.69) is 10.5 Å². The maximum Gasteiger partial charge on any atom is 0.170 e. The molecule has 1 unspecified atom stereocenters. The summed E-state index contributed by atoms with van der Waals surface area (Å²) in [5.74, 6) is 0.990. The number of oxime groups is 1. The van der Waals surface area contributed by atoms with E-state index in [1.54, 1.807) is 6.26 Å². The summed E-state index contributed by atoms with van der Waals surface area (Å²) in [6.07, 6.45) is 1.65. The lowest BCUT2D eigenvalue weighted by Gasteiger charge is -2.13. The number of hydrogen-bond acceptors (Lipinski definition) is 4. The highest BCUT2D eigenvalue weighted by molar-refractivity contribution is 5.98. The fraction of sp³-hybridized carbons (Fsp3) is 0.214. The topological polar surface area (TPSA) is 83.8 Å². The first-order valence-corrected chi connectivity index (χ1v) is 6.05. The molecule has 1 heterocycles. The van der Waals surface area contributed by atoms with Crippen LogP contribution in [0.1, 0.15) is 29.9 Å². The van der Waals surface area contributed by atoms with Crippen LogP contribution in [-0.4, -0.2) is 11.0 Å². The second-order valence-electron chi connectivity index (χ2n) is 4.26. The molecule has 0 amide bonds. The van der Waals surface area contributed by atoms with Gasteiger partial charge in [0.05, 0.1) is 12.3 Å². The van der Waals surface area contributed by atoms with Crippen molar-refractivity contribution < 1.29 is 9.62 Å². The van der Waals surface area contributed by atoms with Gasteiger partial charge in [-0.15, -0.1) is 0 Å². The van der Waals surface area contributed by atoms with Crippen molar-refractivity contribution in [1.29, 1.82) is 0 Å². The van der Waals surface area contributed by atoms with E-state index in [0.29, 0.717) is 6.54 Å². The third-order valence-corrected chi connectivity index (χ3v) is 2.97. The highest BCUT2D eigenvalue weighted by Gasteiger charge is 2.10. The van der Waals surface area contributed by atoms with Crippen molar-refractivity contribution >= 4 is 5.84 Å². The molecule has 0 aliphatic heterocycles. The van der Waals surface area contributed by atoms with E-state index in [-0.39, 0.29) is 11.9 Å². The van der Waals surface area contributed by atoms with Gasteiger partial charge < -0.3 is 20.7 Å². The van der Waals surface area contributed by atoms with Gasteiger partial charge in [-0.2, -0.15) is 0 Å². The predicted octanol–water partition coefficient (Wildman–Crippen LogP) is 2.22. The van der Waals surface area contributed by atoms with Crippen LogP contribution in [0.15, 0.2) is 52.2 Å². The van der Waals surface area contributed by atoms with E-state index in [0.717, 1.165) is 16.9 Å². The van der Waals surface area contributed by atoms with Crippen LogP contribution in [0.5, 0.6) is 0 Å². The van der Waals surface area contributed by atoms with Gasteiger partial charge in [0.1, 0.15) is 5.76 Å². The monoisotopic (exact) mass is 259 g/mol. The van der Waals surface area contributed by atoms with Crippen LogP contribution < -0.4 is 11.1 Å². The summed E-state index contributed by atoms with van der Waals surface area (Å²) < 4.78 is 5.33. The molecule has 0 aliphatic carbocycles. The summed E-state index contributed by atoms with van der Waals surface area (Å²) in [6, 6.07) is 11.4. The molecule has 1 aromatic heterocycles. The standard InChI is InChI=1S/C14H17N3O2/c1-10(13-7-4-8-19-13)16-9-11-5-2-3-6-12(11)14(15)17-18/h2-8,10,16,18H,9H2,1H3,(H2,15,17). The number of furan rings is 1. The normalized spacial score (nSPS) is 13.4. The Labute approximate surface area is 111 Å². The Hall–Kier alpha value is -2.27. The van der Waals surface area contributed by atoms with E-state index in [1.165, 1.54) is 0 Å². The Balaban J connectivity index is 2.08. The van der Waals surface area contributed by atoms with Crippen LogP contribution in [0.2, 0.25) is 0 Å². The zero-order valence-electron chi connectivity index (χ0n) is 10.7. The number of nitrogens with one attached hydrogen (secondary N) is 1. The van der Waals surface area contributed by atoms with Crippen LogP contribution in [-0.2, 0) is 6.54 Å². The van der Waals surface area contributed by atoms with Gasteiger partial charge in [0.2, 0.25) is 0 Å². The fourth-order valence-corrected chi connectivity index (χ4v) is 1.88. The second kappa shape index (κ2) is 6.06. The second-order valence-corrected chi connectivity index (χ2v) is 4.26. The van der Waals surface area contributed by atoms with Gasteiger partial charge in [-0.05, 0) is 24.6 Å². The first-order valence-electron chi connectivity index (χ1n) is 6.05. The fourth-order valence-electron chi connectivity index (χ4n) is 1.88. The van der Waals surface area contributed by atoms with Crippen LogP contribution in [0.3, 0.4) is 0 Å². The number of hydrogen-bond donors (Lipinski definition) is 3. The van der Waals surface area contributed by atoms with Gasteiger partial charge >= 0.3 is 0 Å². The maximum absolute atomic E-state index is 8.77. The molecule has 5 heteroatoms. The van der Waals surface area contributed by atoms with Gasteiger partial charge in [-0.25, -0.2) is 0 Å². The van der Waals surface area contributed by atoms with E-state index in [9.17, 15) is 0 Å². The summed E-state index contributed by atoms with van der Waals surface area (Å²) >= 11 is 0. The van der Waals surface area contributed by atoms with Gasteiger partial charge in [0.15, 0.2) is 5.84 Å². The van der Waals surface area contributed by atoms with Gasteiger partial charge in [-0.3, -0.25) is 0 Å². The molecule has 0 fully saturated rings.